The molecule has 0 saturated carbocycles. The molecule has 2 heterocycles. The number of aromatic nitrogens is 1. The molecule has 1 saturated heterocycles. The van der Waals surface area contributed by atoms with E-state index in [-0.39, 0.29) is 12.0 Å². The minimum atomic E-state index is -0.0405. The van der Waals surface area contributed by atoms with Gasteiger partial charge >= 0.3 is 0 Å². The summed E-state index contributed by atoms with van der Waals surface area (Å²) in [5.74, 6) is 1.34. The number of nitrogens with zero attached hydrogens (tertiary/aromatic N) is 2. The SMILES string of the molecule is COc1ccccc1C(=O)N1CCC(Oc2cccc3cccnc23)C1. The monoisotopic (exact) mass is 348 g/mol. The van der Waals surface area contributed by atoms with E-state index in [9.17, 15) is 4.79 Å². The first-order chi connectivity index (χ1) is 12.8. The third kappa shape index (κ3) is 3.08. The molecule has 5 heteroatoms. The first-order valence-electron chi connectivity index (χ1n) is 8.69. The van der Waals surface area contributed by atoms with Crippen LogP contribution < -0.4 is 9.47 Å². The lowest BCUT2D eigenvalue weighted by atomic mass is 10.2. The molecule has 1 atom stereocenters. The van der Waals surface area contributed by atoms with Crippen LogP contribution in [-0.4, -0.2) is 42.1 Å². The van der Waals surface area contributed by atoms with Crippen LogP contribution in [0.5, 0.6) is 11.5 Å². The summed E-state index contributed by atoms with van der Waals surface area (Å²) in [6.45, 7) is 1.22. The van der Waals surface area contributed by atoms with E-state index in [1.165, 1.54) is 0 Å². The molecule has 1 unspecified atom stereocenters. The molecule has 2 aromatic carbocycles. The highest BCUT2D eigenvalue weighted by Crippen LogP contribution is 2.27. The number of carbonyl (C=O) groups excluding carboxylic acids is 1. The zero-order valence-corrected chi connectivity index (χ0v) is 14.6. The molecule has 132 valence electrons. The lowest BCUT2D eigenvalue weighted by Gasteiger charge is -2.19. The second-order valence-corrected chi connectivity index (χ2v) is 6.31. The summed E-state index contributed by atoms with van der Waals surface area (Å²) in [5, 5.41) is 1.05. The Morgan fingerprint density at radius 1 is 1.08 bits per heavy atom. The van der Waals surface area contributed by atoms with Crippen molar-refractivity contribution in [3.63, 3.8) is 0 Å². The van der Waals surface area contributed by atoms with E-state index in [4.69, 9.17) is 9.47 Å². The van der Waals surface area contributed by atoms with Gasteiger partial charge in [0.05, 0.1) is 19.2 Å². The predicted molar refractivity (Wildman–Crippen MR) is 99.7 cm³/mol. The highest BCUT2D eigenvalue weighted by Gasteiger charge is 2.29. The van der Waals surface area contributed by atoms with E-state index in [1.807, 2.05) is 47.4 Å². The summed E-state index contributed by atoms with van der Waals surface area (Å²) in [6.07, 6.45) is 2.52. The number of rotatable bonds is 4. The number of fused-ring (bicyclic) bond motifs is 1. The molecule has 1 amide bonds. The Hall–Kier alpha value is -3.08. The highest BCUT2D eigenvalue weighted by molar-refractivity contribution is 5.97. The minimum absolute atomic E-state index is 0.0235. The van der Waals surface area contributed by atoms with Crippen molar-refractivity contribution in [1.82, 2.24) is 9.88 Å². The Bertz CT molecular complexity index is 936. The molecule has 0 bridgehead atoms. The molecule has 0 aliphatic carbocycles. The van der Waals surface area contributed by atoms with Gasteiger partial charge in [0.15, 0.2) is 0 Å². The molecule has 0 spiro atoms. The van der Waals surface area contributed by atoms with Crippen molar-refractivity contribution >= 4 is 16.8 Å². The van der Waals surface area contributed by atoms with Crippen LogP contribution in [-0.2, 0) is 0 Å². The molecule has 3 aromatic rings. The number of para-hydroxylation sites is 2. The van der Waals surface area contributed by atoms with E-state index >= 15 is 0 Å². The van der Waals surface area contributed by atoms with Gasteiger partial charge in [-0.2, -0.15) is 0 Å². The summed E-state index contributed by atoms with van der Waals surface area (Å²) in [7, 11) is 1.58. The third-order valence-corrected chi connectivity index (χ3v) is 4.66. The van der Waals surface area contributed by atoms with Crippen LogP contribution in [0.25, 0.3) is 10.9 Å². The lowest BCUT2D eigenvalue weighted by Crippen LogP contribution is -2.31. The summed E-state index contributed by atoms with van der Waals surface area (Å²) in [5.41, 5.74) is 1.44. The van der Waals surface area contributed by atoms with Gasteiger partial charge in [-0.05, 0) is 24.3 Å². The standard InChI is InChI=1S/C21H20N2O3/c1-25-18-9-3-2-8-17(18)21(24)23-13-11-16(14-23)26-19-10-4-6-15-7-5-12-22-20(15)19/h2-10,12,16H,11,13-14H2,1H3. The van der Waals surface area contributed by atoms with Gasteiger partial charge in [0.1, 0.15) is 23.1 Å². The van der Waals surface area contributed by atoms with Gasteiger partial charge in [-0.15, -0.1) is 0 Å². The van der Waals surface area contributed by atoms with E-state index in [2.05, 4.69) is 4.98 Å². The first-order valence-corrected chi connectivity index (χ1v) is 8.69. The first kappa shape index (κ1) is 16.4. The van der Waals surface area contributed by atoms with Crippen molar-refractivity contribution in [3.8, 4) is 11.5 Å². The maximum absolute atomic E-state index is 12.8. The van der Waals surface area contributed by atoms with E-state index in [0.717, 1.165) is 23.1 Å². The Labute approximate surface area is 152 Å². The van der Waals surface area contributed by atoms with Crippen LogP contribution in [0.1, 0.15) is 16.8 Å². The second-order valence-electron chi connectivity index (χ2n) is 6.31. The quantitative estimate of drug-likeness (QED) is 0.724. The van der Waals surface area contributed by atoms with Gasteiger partial charge in [-0.3, -0.25) is 9.78 Å². The zero-order chi connectivity index (χ0) is 17.9. The lowest BCUT2D eigenvalue weighted by molar-refractivity contribution is 0.0769. The van der Waals surface area contributed by atoms with Crippen LogP contribution in [0, 0.1) is 0 Å². The molecule has 4 rings (SSSR count). The Balaban J connectivity index is 1.49. The molecule has 1 aromatic heterocycles. The smallest absolute Gasteiger partial charge is 0.257 e. The summed E-state index contributed by atoms with van der Waals surface area (Å²) < 4.78 is 11.5. The number of pyridine rings is 1. The number of benzene rings is 2. The molecule has 5 nitrogen and oxygen atoms in total. The molecular formula is C21H20N2O3. The van der Waals surface area contributed by atoms with Crippen molar-refractivity contribution in [2.24, 2.45) is 0 Å². The molecule has 1 aliphatic rings. The van der Waals surface area contributed by atoms with Crippen LogP contribution in [0.4, 0.5) is 0 Å². The second kappa shape index (κ2) is 7.04. The average molecular weight is 348 g/mol. The number of likely N-dealkylation sites (tertiary alicyclic amines) is 1. The van der Waals surface area contributed by atoms with Crippen LogP contribution in [0.3, 0.4) is 0 Å². The normalized spacial score (nSPS) is 16.7. The molecule has 26 heavy (non-hydrogen) atoms. The van der Waals surface area contributed by atoms with Crippen molar-refractivity contribution in [1.29, 1.82) is 0 Å². The van der Waals surface area contributed by atoms with Crippen molar-refractivity contribution in [2.45, 2.75) is 12.5 Å². The van der Waals surface area contributed by atoms with Gasteiger partial charge in [0, 0.05) is 24.5 Å². The van der Waals surface area contributed by atoms with E-state index in [0.29, 0.717) is 24.4 Å². The van der Waals surface area contributed by atoms with Crippen LogP contribution >= 0.6 is 0 Å². The van der Waals surface area contributed by atoms with Gasteiger partial charge in [0.25, 0.3) is 5.91 Å². The van der Waals surface area contributed by atoms with Gasteiger partial charge in [0.2, 0.25) is 0 Å². The predicted octanol–water partition coefficient (Wildman–Crippen LogP) is 3.54. The number of amides is 1. The average Bonchev–Trinajstić information content (AvgIpc) is 3.16. The number of hydrogen-bond donors (Lipinski definition) is 0. The fraction of sp³-hybridized carbons (Fsp3) is 0.238. The van der Waals surface area contributed by atoms with Crippen molar-refractivity contribution in [2.75, 3.05) is 20.2 Å². The Kier molecular flexibility index (Phi) is 4.44. The summed E-state index contributed by atoms with van der Waals surface area (Å²) in [4.78, 5) is 19.1. The van der Waals surface area contributed by atoms with E-state index < -0.39 is 0 Å². The number of methoxy groups -OCH3 is 1. The maximum Gasteiger partial charge on any atom is 0.257 e. The number of hydrogen-bond acceptors (Lipinski definition) is 4. The molecule has 1 fully saturated rings. The number of carbonyl (C=O) groups is 1. The van der Waals surface area contributed by atoms with Crippen molar-refractivity contribution < 1.29 is 14.3 Å². The maximum atomic E-state index is 12.8. The third-order valence-electron chi connectivity index (χ3n) is 4.66. The van der Waals surface area contributed by atoms with Gasteiger partial charge in [-0.25, -0.2) is 0 Å². The molecule has 0 radical (unpaired) electrons. The zero-order valence-electron chi connectivity index (χ0n) is 14.6. The van der Waals surface area contributed by atoms with E-state index in [1.54, 1.807) is 25.4 Å². The summed E-state index contributed by atoms with van der Waals surface area (Å²) >= 11 is 0. The van der Waals surface area contributed by atoms with Gasteiger partial charge < -0.3 is 14.4 Å². The Morgan fingerprint density at radius 2 is 1.88 bits per heavy atom. The molecular weight excluding hydrogens is 328 g/mol. The fourth-order valence-corrected chi connectivity index (χ4v) is 3.35. The molecule has 1 aliphatic heterocycles. The van der Waals surface area contributed by atoms with Crippen LogP contribution in [0.15, 0.2) is 60.8 Å². The Morgan fingerprint density at radius 3 is 2.77 bits per heavy atom. The largest absolute Gasteiger partial charge is 0.496 e. The van der Waals surface area contributed by atoms with Gasteiger partial charge in [-0.1, -0.05) is 30.3 Å². The summed E-state index contributed by atoms with van der Waals surface area (Å²) in [6, 6.07) is 17.1. The number of ether oxygens (including phenoxy) is 2. The fourth-order valence-electron chi connectivity index (χ4n) is 3.35. The molecule has 0 N–H and O–H groups in total. The minimum Gasteiger partial charge on any atom is -0.496 e. The van der Waals surface area contributed by atoms with Crippen molar-refractivity contribution in [3.05, 3.63) is 66.4 Å². The highest BCUT2D eigenvalue weighted by atomic mass is 16.5. The topological polar surface area (TPSA) is 51.7 Å². The van der Waals surface area contributed by atoms with Crippen LogP contribution in [0.2, 0.25) is 0 Å².